The number of aliphatic hydroxyl groups excluding tert-OH is 3. The van der Waals surface area contributed by atoms with Gasteiger partial charge in [-0.25, -0.2) is 4.79 Å². The first-order valence-electron chi connectivity index (χ1n) is 14.5. The number of aliphatic hydroxyl groups is 5. The lowest BCUT2D eigenvalue weighted by molar-refractivity contribution is -0.310. The van der Waals surface area contributed by atoms with E-state index in [1.807, 2.05) is 6.92 Å². The highest BCUT2D eigenvalue weighted by atomic mass is 16.7. The van der Waals surface area contributed by atoms with Crippen LogP contribution in [0.3, 0.4) is 0 Å². The zero-order valence-electron chi connectivity index (χ0n) is 22.7. The molecule has 0 aromatic rings. The maximum Gasteiger partial charge on any atom is 0.331 e. The van der Waals surface area contributed by atoms with E-state index in [1.165, 1.54) is 6.08 Å². The van der Waals surface area contributed by atoms with Gasteiger partial charge in [-0.15, -0.1) is 0 Å². The van der Waals surface area contributed by atoms with Crippen LogP contribution in [0.25, 0.3) is 0 Å². The summed E-state index contributed by atoms with van der Waals surface area (Å²) in [5, 5.41) is 54.9. The maximum atomic E-state index is 12.9. The molecule has 0 radical (unpaired) electrons. The number of aldehydes is 1. The van der Waals surface area contributed by atoms with Gasteiger partial charge in [0, 0.05) is 22.5 Å². The van der Waals surface area contributed by atoms with E-state index in [-0.39, 0.29) is 30.5 Å². The van der Waals surface area contributed by atoms with E-state index in [4.69, 9.17) is 14.2 Å². The number of carbonyl (C=O) groups is 2. The highest BCUT2D eigenvalue weighted by Crippen LogP contribution is 2.70. The molecule has 5 fully saturated rings. The Bertz CT molecular complexity index is 1050. The van der Waals surface area contributed by atoms with E-state index in [0.29, 0.717) is 50.5 Å². The van der Waals surface area contributed by atoms with Gasteiger partial charge in [0.1, 0.15) is 31.2 Å². The molecule has 6 aliphatic rings. The molecule has 0 spiro atoms. The Labute approximate surface area is 228 Å². The van der Waals surface area contributed by atoms with E-state index in [0.717, 1.165) is 19.1 Å². The molecule has 218 valence electrons. The molecule has 6 rings (SSSR count). The first kappa shape index (κ1) is 27.8. The summed E-state index contributed by atoms with van der Waals surface area (Å²) in [5.74, 6) is -0.597. The van der Waals surface area contributed by atoms with Crippen molar-refractivity contribution >= 4 is 12.3 Å². The Morgan fingerprint density at radius 2 is 1.74 bits per heavy atom. The van der Waals surface area contributed by atoms with Gasteiger partial charge >= 0.3 is 5.97 Å². The van der Waals surface area contributed by atoms with E-state index >= 15 is 0 Å². The summed E-state index contributed by atoms with van der Waals surface area (Å²) in [6.07, 6.45) is 1.74. The van der Waals surface area contributed by atoms with Gasteiger partial charge in [-0.1, -0.05) is 6.92 Å². The van der Waals surface area contributed by atoms with Gasteiger partial charge in [0.05, 0.1) is 23.4 Å². The van der Waals surface area contributed by atoms with Crippen molar-refractivity contribution in [1.29, 1.82) is 0 Å². The van der Waals surface area contributed by atoms with Crippen molar-refractivity contribution in [2.75, 3.05) is 6.61 Å². The second-order valence-corrected chi connectivity index (χ2v) is 13.4. The molecule has 1 unspecified atom stereocenters. The van der Waals surface area contributed by atoms with Gasteiger partial charge in [-0.2, -0.15) is 0 Å². The fourth-order valence-electron chi connectivity index (χ4n) is 9.70. The minimum Gasteiger partial charge on any atom is -0.458 e. The van der Waals surface area contributed by atoms with Crippen LogP contribution in [0.4, 0.5) is 0 Å². The predicted octanol–water partition coefficient (Wildman–Crippen LogP) is 0.750. The van der Waals surface area contributed by atoms with Crippen LogP contribution in [-0.2, 0) is 23.8 Å². The van der Waals surface area contributed by atoms with E-state index in [1.54, 1.807) is 6.92 Å². The molecule has 13 atom stereocenters. The number of hydrogen-bond acceptors (Lipinski definition) is 10. The van der Waals surface area contributed by atoms with Crippen LogP contribution in [0.5, 0.6) is 0 Å². The second kappa shape index (κ2) is 9.31. The highest BCUT2D eigenvalue weighted by Gasteiger charge is 2.73. The van der Waals surface area contributed by atoms with Crippen molar-refractivity contribution in [2.24, 2.45) is 28.6 Å². The van der Waals surface area contributed by atoms with Crippen LogP contribution in [-0.4, -0.2) is 92.4 Å². The van der Waals surface area contributed by atoms with Crippen molar-refractivity contribution < 1.29 is 49.3 Å². The summed E-state index contributed by atoms with van der Waals surface area (Å²) < 4.78 is 16.9. The largest absolute Gasteiger partial charge is 0.458 e. The van der Waals surface area contributed by atoms with E-state index < -0.39 is 58.7 Å². The molecular weight excluding hydrogens is 508 g/mol. The Kier molecular flexibility index (Phi) is 6.62. The summed E-state index contributed by atoms with van der Waals surface area (Å²) in [7, 11) is 0. The van der Waals surface area contributed by atoms with Crippen LogP contribution in [0.1, 0.15) is 71.6 Å². The first-order chi connectivity index (χ1) is 18.4. The van der Waals surface area contributed by atoms with Crippen LogP contribution < -0.4 is 0 Å². The third-order valence-corrected chi connectivity index (χ3v) is 12.1. The topological polar surface area (TPSA) is 163 Å². The van der Waals surface area contributed by atoms with Gasteiger partial charge in [-0.3, -0.25) is 0 Å². The zero-order chi connectivity index (χ0) is 28.0. The van der Waals surface area contributed by atoms with Crippen molar-refractivity contribution in [3.05, 3.63) is 11.6 Å². The van der Waals surface area contributed by atoms with Crippen molar-refractivity contribution in [3.63, 3.8) is 0 Å². The minimum absolute atomic E-state index is 0.0286. The smallest absolute Gasteiger partial charge is 0.331 e. The standard InChI is InChI=1S/C29H42O10/c1-15-22(32)23(33)24(34)25(38-15)39-18-5-8-27(14-30)16(11-18)3-4-20-19(27)6-7-26(2)28(35,9-10-29(20,26)36)17-12-21(31)37-13-17/h12,14-16,18-20,22-25,32-36H,3-11,13H2,1-2H3/t15-,16+,18+,19+,20-,22-,23-,24-,25?,26-,27-,28+,29+/m1/s1. The van der Waals surface area contributed by atoms with E-state index in [2.05, 4.69) is 0 Å². The van der Waals surface area contributed by atoms with Gasteiger partial charge in [0.2, 0.25) is 0 Å². The van der Waals surface area contributed by atoms with Gasteiger partial charge in [-0.05, 0) is 82.5 Å². The number of esters is 1. The molecule has 1 saturated heterocycles. The van der Waals surface area contributed by atoms with Crippen LogP contribution in [0.2, 0.25) is 0 Å². The van der Waals surface area contributed by atoms with Crippen molar-refractivity contribution in [3.8, 4) is 0 Å². The van der Waals surface area contributed by atoms with Crippen LogP contribution >= 0.6 is 0 Å². The Hall–Kier alpha value is -1.40. The molecule has 0 amide bonds. The Morgan fingerprint density at radius 1 is 0.974 bits per heavy atom. The summed E-state index contributed by atoms with van der Waals surface area (Å²) >= 11 is 0. The number of rotatable bonds is 4. The van der Waals surface area contributed by atoms with Crippen molar-refractivity contribution in [2.45, 2.75) is 120 Å². The number of hydrogen-bond donors (Lipinski definition) is 5. The fourth-order valence-corrected chi connectivity index (χ4v) is 9.70. The summed E-state index contributed by atoms with van der Waals surface area (Å²) in [4.78, 5) is 24.7. The molecule has 10 heteroatoms. The maximum absolute atomic E-state index is 12.9. The van der Waals surface area contributed by atoms with Gasteiger partial charge in [0.15, 0.2) is 6.29 Å². The third-order valence-electron chi connectivity index (χ3n) is 12.1. The Balaban J connectivity index is 1.21. The molecule has 2 heterocycles. The summed E-state index contributed by atoms with van der Waals surface area (Å²) in [5.41, 5.74) is -3.42. The van der Waals surface area contributed by atoms with Crippen LogP contribution in [0, 0.1) is 28.6 Å². The quantitative estimate of drug-likeness (QED) is 0.192. The highest BCUT2D eigenvalue weighted by molar-refractivity contribution is 5.86. The molecule has 0 aromatic heterocycles. The van der Waals surface area contributed by atoms with Crippen molar-refractivity contribution in [1.82, 2.24) is 0 Å². The summed E-state index contributed by atoms with van der Waals surface area (Å²) in [6.45, 7) is 3.60. The normalized spacial score (nSPS) is 55.2. The molecule has 10 nitrogen and oxygen atoms in total. The molecule has 4 aliphatic carbocycles. The molecular formula is C29H42O10. The lowest BCUT2D eigenvalue weighted by atomic mass is 9.42. The average molecular weight is 551 g/mol. The second-order valence-electron chi connectivity index (χ2n) is 13.4. The van der Waals surface area contributed by atoms with Crippen LogP contribution in [0.15, 0.2) is 11.6 Å². The number of fused-ring (bicyclic) bond motifs is 5. The van der Waals surface area contributed by atoms with Gasteiger partial charge in [0.25, 0.3) is 0 Å². The molecule has 39 heavy (non-hydrogen) atoms. The molecule has 0 aromatic carbocycles. The Morgan fingerprint density at radius 3 is 2.44 bits per heavy atom. The minimum atomic E-state index is -1.37. The summed E-state index contributed by atoms with van der Waals surface area (Å²) in [6, 6.07) is 0. The average Bonchev–Trinajstić information content (AvgIpc) is 3.45. The monoisotopic (exact) mass is 550 g/mol. The molecule has 5 N–H and O–H groups in total. The fraction of sp³-hybridized carbons (Fsp3) is 0.862. The van der Waals surface area contributed by atoms with E-state index in [9.17, 15) is 35.1 Å². The number of carbonyl (C=O) groups excluding carboxylic acids is 2. The first-order valence-corrected chi connectivity index (χ1v) is 14.5. The molecule has 4 saturated carbocycles. The SMILES string of the molecule is C[C@H]1OC(O[C@H]2CC[C@@]3(C=O)[C@@H](CC[C@@H]4[C@@H]3CC[C@]3(C)[C@@](O)(C5=CC(=O)OC5)CC[C@]43O)C2)[C@H](O)[C@H](O)[C@@H]1O. The molecule has 0 bridgehead atoms. The molecule has 2 aliphatic heterocycles. The number of ether oxygens (including phenoxy) is 3. The zero-order valence-corrected chi connectivity index (χ0v) is 22.7. The number of cyclic esters (lactones) is 1. The van der Waals surface area contributed by atoms with Gasteiger partial charge < -0.3 is 44.5 Å². The lowest BCUT2D eigenvalue weighted by Gasteiger charge is -2.63. The third kappa shape index (κ3) is 3.72. The predicted molar refractivity (Wildman–Crippen MR) is 135 cm³/mol. The lowest BCUT2D eigenvalue weighted by Crippen LogP contribution is -2.66.